The third-order valence-corrected chi connectivity index (χ3v) is 5.14. The summed E-state index contributed by atoms with van der Waals surface area (Å²) in [6, 6.07) is 12.1. The van der Waals surface area contributed by atoms with Crippen LogP contribution in [0.15, 0.2) is 48.5 Å². The largest absolute Gasteiger partial charge is 0.325 e. The third-order valence-electron chi connectivity index (χ3n) is 5.14. The molecule has 2 N–H and O–H groups in total. The Morgan fingerprint density at radius 1 is 1.14 bits per heavy atom. The van der Waals surface area contributed by atoms with Gasteiger partial charge in [-0.05, 0) is 42.7 Å². The number of unbranched alkanes of at least 4 members (excludes halogenated alkanes) is 1. The number of nitrogens with one attached hydrogen (secondary N) is 2. The van der Waals surface area contributed by atoms with Crippen molar-refractivity contribution in [3.05, 3.63) is 65.5 Å². The van der Waals surface area contributed by atoms with Gasteiger partial charge in [0.15, 0.2) is 0 Å². The van der Waals surface area contributed by atoms with Crippen LogP contribution >= 0.6 is 0 Å². The van der Waals surface area contributed by atoms with E-state index in [0.717, 1.165) is 16.9 Å². The molecule has 152 valence electrons. The molecule has 0 aromatic heterocycles. The van der Waals surface area contributed by atoms with Crippen molar-refractivity contribution in [2.24, 2.45) is 0 Å². The second-order valence-electron chi connectivity index (χ2n) is 7.20. The van der Waals surface area contributed by atoms with Crippen molar-refractivity contribution in [3.8, 4) is 0 Å². The highest BCUT2D eigenvalue weighted by molar-refractivity contribution is 6.10. The molecule has 1 heterocycles. The summed E-state index contributed by atoms with van der Waals surface area (Å²) in [6.45, 7) is 3.44. The van der Waals surface area contributed by atoms with E-state index in [4.69, 9.17) is 0 Å². The summed E-state index contributed by atoms with van der Waals surface area (Å²) in [5, 5.41) is 5.49. The summed E-state index contributed by atoms with van der Waals surface area (Å²) in [4.78, 5) is 39.3. The second kappa shape index (κ2) is 8.43. The van der Waals surface area contributed by atoms with E-state index in [2.05, 4.69) is 10.6 Å². The summed E-state index contributed by atoms with van der Waals surface area (Å²) in [6.07, 6.45) is 1.88. The number of anilines is 1. The Bertz CT molecular complexity index is 929. The molecule has 4 amide bonds. The Balaban J connectivity index is 1.83. The Morgan fingerprint density at radius 2 is 1.83 bits per heavy atom. The van der Waals surface area contributed by atoms with Gasteiger partial charge in [0.1, 0.15) is 17.9 Å². The van der Waals surface area contributed by atoms with Crippen LogP contribution in [0.4, 0.5) is 14.9 Å². The summed E-state index contributed by atoms with van der Waals surface area (Å²) >= 11 is 0. The second-order valence-corrected chi connectivity index (χ2v) is 7.20. The first kappa shape index (κ1) is 20.5. The highest BCUT2D eigenvalue weighted by Gasteiger charge is 2.52. The highest BCUT2D eigenvalue weighted by atomic mass is 19.1. The van der Waals surface area contributed by atoms with Crippen molar-refractivity contribution in [3.63, 3.8) is 0 Å². The Labute approximate surface area is 169 Å². The van der Waals surface area contributed by atoms with Crippen LogP contribution in [-0.2, 0) is 15.1 Å². The number of hydrogen-bond acceptors (Lipinski definition) is 3. The lowest BCUT2D eigenvalue weighted by Crippen LogP contribution is -2.44. The number of nitrogens with zero attached hydrogens (tertiary/aromatic N) is 1. The molecule has 29 heavy (non-hydrogen) atoms. The zero-order chi connectivity index (χ0) is 21.0. The van der Waals surface area contributed by atoms with E-state index < -0.39 is 35.7 Å². The molecule has 0 bridgehead atoms. The maximum Gasteiger partial charge on any atom is 0.325 e. The fraction of sp³-hybridized carbons (Fsp3) is 0.318. The van der Waals surface area contributed by atoms with Crippen molar-refractivity contribution >= 4 is 23.5 Å². The van der Waals surface area contributed by atoms with Gasteiger partial charge in [0.2, 0.25) is 5.91 Å². The van der Waals surface area contributed by atoms with E-state index in [0.29, 0.717) is 24.1 Å². The van der Waals surface area contributed by atoms with E-state index >= 15 is 0 Å². The molecule has 0 aliphatic carbocycles. The van der Waals surface area contributed by atoms with Gasteiger partial charge in [0, 0.05) is 5.69 Å². The first-order valence-electron chi connectivity index (χ1n) is 9.63. The van der Waals surface area contributed by atoms with E-state index in [-0.39, 0.29) is 0 Å². The maximum absolute atomic E-state index is 13.4. The van der Waals surface area contributed by atoms with Crippen molar-refractivity contribution < 1.29 is 18.8 Å². The normalized spacial score (nSPS) is 18.7. The molecule has 0 unspecified atom stereocenters. The molecule has 0 radical (unpaired) electrons. The van der Waals surface area contributed by atoms with Crippen LogP contribution in [-0.4, -0.2) is 29.3 Å². The molecule has 6 nitrogen and oxygen atoms in total. The Hall–Kier alpha value is -3.22. The quantitative estimate of drug-likeness (QED) is 0.699. The molecule has 0 saturated carbocycles. The minimum atomic E-state index is -1.29. The van der Waals surface area contributed by atoms with Gasteiger partial charge < -0.3 is 10.6 Å². The maximum atomic E-state index is 13.4. The molecular formula is C22H24FN3O3. The minimum Gasteiger partial charge on any atom is -0.324 e. The number of benzene rings is 2. The zero-order valence-electron chi connectivity index (χ0n) is 16.5. The van der Waals surface area contributed by atoms with Crippen LogP contribution in [0, 0.1) is 12.7 Å². The number of imide groups is 1. The molecule has 1 aliphatic rings. The van der Waals surface area contributed by atoms with E-state index in [1.807, 2.05) is 26.0 Å². The number of para-hydroxylation sites is 1. The fourth-order valence-electron chi connectivity index (χ4n) is 3.50. The Kier molecular flexibility index (Phi) is 5.96. The predicted octanol–water partition coefficient (Wildman–Crippen LogP) is 3.71. The van der Waals surface area contributed by atoms with E-state index in [1.165, 1.54) is 24.3 Å². The fourth-order valence-corrected chi connectivity index (χ4v) is 3.50. The van der Waals surface area contributed by atoms with Crippen molar-refractivity contribution in [2.45, 2.75) is 38.6 Å². The molecule has 1 atom stereocenters. The zero-order valence-corrected chi connectivity index (χ0v) is 16.5. The van der Waals surface area contributed by atoms with Gasteiger partial charge in [0.25, 0.3) is 5.91 Å². The van der Waals surface area contributed by atoms with Crippen molar-refractivity contribution in [2.75, 3.05) is 11.9 Å². The van der Waals surface area contributed by atoms with Crippen LogP contribution < -0.4 is 10.6 Å². The monoisotopic (exact) mass is 397 g/mol. The summed E-state index contributed by atoms with van der Waals surface area (Å²) in [5.41, 5.74) is 0.721. The van der Waals surface area contributed by atoms with Crippen LogP contribution in [0.25, 0.3) is 0 Å². The number of rotatable bonds is 7. The molecule has 2 aromatic carbocycles. The number of halogens is 1. The smallest absolute Gasteiger partial charge is 0.324 e. The molecule has 7 heteroatoms. The van der Waals surface area contributed by atoms with Crippen LogP contribution in [0.5, 0.6) is 0 Å². The van der Waals surface area contributed by atoms with Gasteiger partial charge in [-0.1, -0.05) is 50.1 Å². The first-order chi connectivity index (χ1) is 13.9. The van der Waals surface area contributed by atoms with E-state index in [9.17, 15) is 18.8 Å². The topological polar surface area (TPSA) is 78.5 Å². The molecule has 0 spiro atoms. The molecule has 1 aliphatic heterocycles. The number of amides is 4. The van der Waals surface area contributed by atoms with Gasteiger partial charge in [-0.2, -0.15) is 0 Å². The predicted molar refractivity (Wildman–Crippen MR) is 108 cm³/mol. The van der Waals surface area contributed by atoms with Crippen molar-refractivity contribution in [1.29, 1.82) is 0 Å². The SMILES string of the molecule is CCCC[C@@]1(c2ccc(F)cc2)NC(=O)N(CC(=O)Nc2ccccc2C)C1=O. The number of carbonyl (C=O) groups is 3. The van der Waals surface area contributed by atoms with E-state index in [1.54, 1.807) is 12.1 Å². The van der Waals surface area contributed by atoms with Gasteiger partial charge in [0.05, 0.1) is 0 Å². The number of hydrogen-bond donors (Lipinski definition) is 2. The van der Waals surface area contributed by atoms with Gasteiger partial charge in [-0.25, -0.2) is 9.18 Å². The lowest BCUT2D eigenvalue weighted by atomic mass is 9.85. The average Bonchev–Trinajstić information content (AvgIpc) is 2.94. The molecule has 1 fully saturated rings. The van der Waals surface area contributed by atoms with Crippen LogP contribution in [0.2, 0.25) is 0 Å². The van der Waals surface area contributed by atoms with Gasteiger partial charge >= 0.3 is 6.03 Å². The molecule has 1 saturated heterocycles. The first-order valence-corrected chi connectivity index (χ1v) is 9.63. The lowest BCUT2D eigenvalue weighted by molar-refractivity contribution is -0.134. The third kappa shape index (κ3) is 4.13. The Morgan fingerprint density at radius 3 is 2.48 bits per heavy atom. The average molecular weight is 397 g/mol. The van der Waals surface area contributed by atoms with Gasteiger partial charge in [-0.3, -0.25) is 14.5 Å². The summed E-state index contributed by atoms with van der Waals surface area (Å²) in [7, 11) is 0. The molecule has 3 rings (SSSR count). The summed E-state index contributed by atoms with van der Waals surface area (Å²) in [5.74, 6) is -1.39. The standard InChI is InChI=1S/C22H24FN3O3/c1-3-4-13-22(16-9-11-17(23)12-10-16)20(28)26(21(29)25-22)14-19(27)24-18-8-6-5-7-15(18)2/h5-12H,3-4,13-14H2,1-2H3,(H,24,27)(H,25,29)/t22-/m0/s1. The lowest BCUT2D eigenvalue weighted by Gasteiger charge is -2.27. The molecular weight excluding hydrogens is 373 g/mol. The minimum absolute atomic E-state index is 0.371. The number of carbonyl (C=O) groups excluding carboxylic acids is 3. The summed E-state index contributed by atoms with van der Waals surface area (Å²) < 4.78 is 13.4. The molecule has 2 aromatic rings. The number of urea groups is 1. The van der Waals surface area contributed by atoms with Crippen LogP contribution in [0.3, 0.4) is 0 Å². The van der Waals surface area contributed by atoms with Crippen molar-refractivity contribution in [1.82, 2.24) is 10.2 Å². The highest BCUT2D eigenvalue weighted by Crippen LogP contribution is 2.34. The van der Waals surface area contributed by atoms with Crippen LogP contribution in [0.1, 0.15) is 37.3 Å². The number of aryl methyl sites for hydroxylation is 1. The van der Waals surface area contributed by atoms with Gasteiger partial charge in [-0.15, -0.1) is 0 Å².